The van der Waals surface area contributed by atoms with Crippen LogP contribution in [0.25, 0.3) is 0 Å². The van der Waals surface area contributed by atoms with E-state index in [1.54, 1.807) is 31.8 Å². The Morgan fingerprint density at radius 3 is 2.38 bits per heavy atom. The van der Waals surface area contributed by atoms with Gasteiger partial charge in [0.05, 0.1) is 25.5 Å². The number of aromatic nitrogens is 2. The largest absolute Gasteiger partial charge is 0.497 e. The Balaban J connectivity index is 1.31. The highest BCUT2D eigenvalue weighted by Crippen LogP contribution is 2.21. The van der Waals surface area contributed by atoms with E-state index in [2.05, 4.69) is 37.2 Å². The monoisotopic (exact) mass is 393 g/mol. The van der Waals surface area contributed by atoms with Crippen LogP contribution in [-0.2, 0) is 6.54 Å². The lowest BCUT2D eigenvalue weighted by molar-refractivity contribution is 0.0947. The van der Waals surface area contributed by atoms with E-state index in [0.717, 1.165) is 31.9 Å². The van der Waals surface area contributed by atoms with E-state index in [9.17, 15) is 4.79 Å². The summed E-state index contributed by atoms with van der Waals surface area (Å²) in [6, 6.07) is 11.7. The predicted octanol–water partition coefficient (Wildman–Crippen LogP) is 2.33. The Kier molecular flexibility index (Phi) is 5.60. The van der Waals surface area contributed by atoms with Crippen molar-refractivity contribution in [1.82, 2.24) is 15.3 Å². The minimum absolute atomic E-state index is 0.225. The molecule has 3 heterocycles. The van der Waals surface area contributed by atoms with Gasteiger partial charge in [-0.25, -0.2) is 9.97 Å². The second kappa shape index (κ2) is 8.64. The Morgan fingerprint density at radius 2 is 1.76 bits per heavy atom. The first kappa shape index (κ1) is 18.8. The zero-order valence-corrected chi connectivity index (χ0v) is 16.2. The van der Waals surface area contributed by atoms with Crippen LogP contribution in [-0.4, -0.2) is 49.2 Å². The molecule has 8 heteroatoms. The van der Waals surface area contributed by atoms with E-state index < -0.39 is 0 Å². The molecule has 0 bridgehead atoms. The van der Waals surface area contributed by atoms with Gasteiger partial charge < -0.3 is 24.3 Å². The zero-order valence-electron chi connectivity index (χ0n) is 16.2. The molecule has 150 valence electrons. The standard InChI is InChI=1S/C21H23N5O3/c1-28-18-6-4-17(5-7-18)25-8-10-26(11-9-25)21-23-13-16(14-24-21)20(27)22-15-19-3-2-12-29-19/h2-7,12-14H,8-11,15H2,1H3,(H,22,27). The van der Waals surface area contributed by atoms with Crippen molar-refractivity contribution in [2.24, 2.45) is 0 Å². The number of anilines is 2. The number of ether oxygens (including phenoxy) is 1. The van der Waals surface area contributed by atoms with Crippen LogP contribution in [0.5, 0.6) is 5.75 Å². The molecular weight excluding hydrogens is 370 g/mol. The van der Waals surface area contributed by atoms with Gasteiger partial charge in [0.25, 0.3) is 5.91 Å². The van der Waals surface area contributed by atoms with E-state index in [-0.39, 0.29) is 5.91 Å². The summed E-state index contributed by atoms with van der Waals surface area (Å²) in [7, 11) is 1.67. The third kappa shape index (κ3) is 4.48. The van der Waals surface area contributed by atoms with Crippen molar-refractivity contribution in [2.45, 2.75) is 6.54 Å². The summed E-state index contributed by atoms with van der Waals surface area (Å²) in [6.45, 7) is 3.72. The molecule has 0 aliphatic carbocycles. The minimum atomic E-state index is -0.225. The minimum Gasteiger partial charge on any atom is -0.497 e. The van der Waals surface area contributed by atoms with Gasteiger partial charge in [0.15, 0.2) is 0 Å². The number of amides is 1. The third-order valence-corrected chi connectivity index (χ3v) is 4.90. The topological polar surface area (TPSA) is 83.7 Å². The average Bonchev–Trinajstić information content (AvgIpc) is 3.31. The predicted molar refractivity (Wildman–Crippen MR) is 109 cm³/mol. The molecule has 0 unspecified atom stereocenters. The summed E-state index contributed by atoms with van der Waals surface area (Å²) in [6.07, 6.45) is 4.71. The molecule has 1 aliphatic heterocycles. The van der Waals surface area contributed by atoms with Crippen LogP contribution in [0.4, 0.5) is 11.6 Å². The lowest BCUT2D eigenvalue weighted by atomic mass is 10.2. The summed E-state index contributed by atoms with van der Waals surface area (Å²) in [5, 5.41) is 2.79. The van der Waals surface area contributed by atoms with Crippen molar-refractivity contribution in [1.29, 1.82) is 0 Å². The normalized spacial score (nSPS) is 14.0. The van der Waals surface area contributed by atoms with Gasteiger partial charge >= 0.3 is 0 Å². The lowest BCUT2D eigenvalue weighted by Gasteiger charge is -2.36. The highest BCUT2D eigenvalue weighted by molar-refractivity contribution is 5.93. The van der Waals surface area contributed by atoms with Crippen LogP contribution in [0.1, 0.15) is 16.1 Å². The van der Waals surface area contributed by atoms with Crippen molar-refractivity contribution in [2.75, 3.05) is 43.1 Å². The first-order valence-corrected chi connectivity index (χ1v) is 9.49. The Hall–Kier alpha value is -3.55. The molecule has 3 aromatic rings. The number of hydrogen-bond donors (Lipinski definition) is 1. The van der Waals surface area contributed by atoms with Crippen LogP contribution < -0.4 is 19.9 Å². The number of piperazine rings is 1. The summed E-state index contributed by atoms with van der Waals surface area (Å²) < 4.78 is 10.4. The Morgan fingerprint density at radius 1 is 1.07 bits per heavy atom. The maximum Gasteiger partial charge on any atom is 0.254 e. The number of carbonyl (C=O) groups is 1. The summed E-state index contributed by atoms with van der Waals surface area (Å²) in [4.78, 5) is 25.4. The molecule has 1 aliphatic rings. The van der Waals surface area contributed by atoms with Crippen LogP contribution in [0.2, 0.25) is 0 Å². The molecule has 29 heavy (non-hydrogen) atoms. The molecule has 1 aromatic carbocycles. The van der Waals surface area contributed by atoms with E-state index >= 15 is 0 Å². The fourth-order valence-electron chi connectivity index (χ4n) is 3.24. The van der Waals surface area contributed by atoms with Gasteiger partial charge in [-0.1, -0.05) is 0 Å². The molecule has 1 saturated heterocycles. The molecule has 8 nitrogen and oxygen atoms in total. The van der Waals surface area contributed by atoms with Crippen molar-refractivity contribution >= 4 is 17.5 Å². The molecule has 1 amide bonds. The van der Waals surface area contributed by atoms with Gasteiger partial charge in [-0.3, -0.25) is 4.79 Å². The van der Waals surface area contributed by atoms with Gasteiger partial charge in [0.2, 0.25) is 5.95 Å². The number of furan rings is 1. The summed E-state index contributed by atoms with van der Waals surface area (Å²) >= 11 is 0. The van der Waals surface area contributed by atoms with E-state index in [1.807, 2.05) is 18.2 Å². The van der Waals surface area contributed by atoms with Crippen LogP contribution in [0, 0.1) is 0 Å². The number of methoxy groups -OCH3 is 1. The summed E-state index contributed by atoms with van der Waals surface area (Å²) in [5.74, 6) is 1.97. The second-order valence-corrected chi connectivity index (χ2v) is 6.71. The van der Waals surface area contributed by atoms with E-state index in [1.165, 1.54) is 5.69 Å². The molecule has 4 rings (SSSR count). The molecule has 0 atom stereocenters. The molecule has 1 N–H and O–H groups in total. The van der Waals surface area contributed by atoms with Gasteiger partial charge in [-0.15, -0.1) is 0 Å². The second-order valence-electron chi connectivity index (χ2n) is 6.71. The van der Waals surface area contributed by atoms with Crippen molar-refractivity contribution in [3.8, 4) is 5.75 Å². The van der Waals surface area contributed by atoms with Crippen LogP contribution in [0.15, 0.2) is 59.5 Å². The molecule has 0 spiro atoms. The van der Waals surface area contributed by atoms with Gasteiger partial charge in [-0.05, 0) is 36.4 Å². The molecular formula is C21H23N5O3. The van der Waals surface area contributed by atoms with Gasteiger partial charge in [0, 0.05) is 44.3 Å². The quantitative estimate of drug-likeness (QED) is 0.688. The smallest absolute Gasteiger partial charge is 0.254 e. The number of nitrogens with zero attached hydrogens (tertiary/aromatic N) is 4. The SMILES string of the molecule is COc1ccc(N2CCN(c3ncc(C(=O)NCc4ccco4)cn3)CC2)cc1. The van der Waals surface area contributed by atoms with Crippen LogP contribution >= 0.6 is 0 Å². The molecule has 1 fully saturated rings. The van der Waals surface area contributed by atoms with E-state index in [0.29, 0.717) is 23.8 Å². The van der Waals surface area contributed by atoms with Crippen molar-refractivity contribution < 1.29 is 13.9 Å². The molecule has 0 saturated carbocycles. The molecule has 0 radical (unpaired) electrons. The maximum atomic E-state index is 12.2. The fourth-order valence-corrected chi connectivity index (χ4v) is 3.24. The van der Waals surface area contributed by atoms with Gasteiger partial charge in [0.1, 0.15) is 11.5 Å². The lowest BCUT2D eigenvalue weighted by Crippen LogP contribution is -2.47. The zero-order chi connectivity index (χ0) is 20.1. The van der Waals surface area contributed by atoms with Crippen LogP contribution in [0.3, 0.4) is 0 Å². The first-order valence-electron chi connectivity index (χ1n) is 9.49. The molecule has 2 aromatic heterocycles. The highest BCUT2D eigenvalue weighted by Gasteiger charge is 2.19. The average molecular weight is 393 g/mol. The van der Waals surface area contributed by atoms with Gasteiger partial charge in [-0.2, -0.15) is 0 Å². The van der Waals surface area contributed by atoms with Crippen molar-refractivity contribution in [3.63, 3.8) is 0 Å². The Bertz CT molecular complexity index is 918. The number of benzene rings is 1. The fraction of sp³-hybridized carbons (Fsp3) is 0.286. The highest BCUT2D eigenvalue weighted by atomic mass is 16.5. The first-order chi connectivity index (χ1) is 14.2. The van der Waals surface area contributed by atoms with E-state index in [4.69, 9.17) is 9.15 Å². The number of carbonyl (C=O) groups excluding carboxylic acids is 1. The van der Waals surface area contributed by atoms with Crippen molar-refractivity contribution in [3.05, 3.63) is 66.4 Å². The maximum absolute atomic E-state index is 12.2. The summed E-state index contributed by atoms with van der Waals surface area (Å²) in [5.41, 5.74) is 1.60. The Labute approximate surface area is 169 Å². The number of rotatable bonds is 6. The third-order valence-electron chi connectivity index (χ3n) is 4.90. The number of hydrogen-bond acceptors (Lipinski definition) is 7. The number of nitrogens with one attached hydrogen (secondary N) is 1.